The summed E-state index contributed by atoms with van der Waals surface area (Å²) >= 11 is 0. The third kappa shape index (κ3) is 1.16. The number of carbonyl (C=O) groups is 1. The molecule has 18 heavy (non-hydrogen) atoms. The molecule has 2 aliphatic heterocycles. The molecule has 0 radical (unpaired) electrons. The molecule has 1 fully saturated rings. The van der Waals surface area contributed by atoms with Gasteiger partial charge in [0.1, 0.15) is 0 Å². The zero-order valence-corrected chi connectivity index (χ0v) is 10.7. The molecule has 1 unspecified atom stereocenters. The number of rotatable bonds is 0. The zero-order valence-electron chi connectivity index (χ0n) is 10.7. The van der Waals surface area contributed by atoms with Crippen molar-refractivity contribution in [3.8, 4) is 0 Å². The summed E-state index contributed by atoms with van der Waals surface area (Å²) in [4.78, 5) is 14.3. The van der Waals surface area contributed by atoms with E-state index in [4.69, 9.17) is 0 Å². The lowest BCUT2D eigenvalue weighted by Gasteiger charge is -2.38. The van der Waals surface area contributed by atoms with Crippen LogP contribution in [0.25, 0.3) is 5.57 Å². The number of hydrogen-bond acceptors (Lipinski definition) is 1. The molecule has 1 amide bonds. The minimum Gasteiger partial charge on any atom is -0.311 e. The monoisotopic (exact) mass is 239 g/mol. The van der Waals surface area contributed by atoms with Gasteiger partial charge < -0.3 is 4.90 Å². The first-order valence-corrected chi connectivity index (χ1v) is 6.81. The summed E-state index contributed by atoms with van der Waals surface area (Å²) in [6.45, 7) is 3.05. The van der Waals surface area contributed by atoms with E-state index in [0.717, 1.165) is 19.4 Å². The SMILES string of the molecule is CC12CCCC3=C1N(Cc1ccccc13)C(=O)C2. The van der Waals surface area contributed by atoms with Crippen LogP contribution in [0.3, 0.4) is 0 Å². The van der Waals surface area contributed by atoms with Crippen LogP contribution in [-0.4, -0.2) is 10.8 Å². The summed E-state index contributed by atoms with van der Waals surface area (Å²) in [6.07, 6.45) is 4.21. The van der Waals surface area contributed by atoms with E-state index in [9.17, 15) is 4.79 Å². The van der Waals surface area contributed by atoms with E-state index >= 15 is 0 Å². The van der Waals surface area contributed by atoms with Crippen molar-refractivity contribution in [1.29, 1.82) is 0 Å². The molecule has 2 heteroatoms. The summed E-state index contributed by atoms with van der Waals surface area (Å²) in [6, 6.07) is 8.58. The van der Waals surface area contributed by atoms with Crippen molar-refractivity contribution in [2.24, 2.45) is 5.41 Å². The van der Waals surface area contributed by atoms with E-state index in [1.54, 1.807) is 0 Å². The van der Waals surface area contributed by atoms with Crippen LogP contribution in [0.2, 0.25) is 0 Å². The maximum absolute atomic E-state index is 12.3. The van der Waals surface area contributed by atoms with E-state index in [1.165, 1.54) is 28.8 Å². The van der Waals surface area contributed by atoms with E-state index in [1.807, 2.05) is 0 Å². The lowest BCUT2D eigenvalue weighted by atomic mass is 9.72. The fourth-order valence-corrected chi connectivity index (χ4v) is 4.02. The van der Waals surface area contributed by atoms with Crippen LogP contribution in [0.15, 0.2) is 30.0 Å². The molecule has 4 rings (SSSR count). The van der Waals surface area contributed by atoms with Gasteiger partial charge in [-0.1, -0.05) is 31.2 Å². The van der Waals surface area contributed by atoms with E-state index in [-0.39, 0.29) is 5.41 Å². The Labute approximate surface area is 107 Å². The van der Waals surface area contributed by atoms with Crippen molar-refractivity contribution < 1.29 is 4.79 Å². The molecule has 1 aliphatic carbocycles. The van der Waals surface area contributed by atoms with Gasteiger partial charge in [-0.15, -0.1) is 0 Å². The third-order valence-electron chi connectivity index (χ3n) is 4.80. The summed E-state index contributed by atoms with van der Waals surface area (Å²) in [5, 5.41) is 0. The van der Waals surface area contributed by atoms with Crippen molar-refractivity contribution in [3.05, 3.63) is 41.1 Å². The molecule has 3 aliphatic rings. The fraction of sp³-hybridized carbons (Fsp3) is 0.438. The standard InChI is InChI=1S/C16H17NO/c1-16-8-4-7-13-12-6-3-2-5-11(12)10-17(15(13)16)14(18)9-16/h2-3,5-6H,4,7-10H2,1H3. The number of carbonyl (C=O) groups excluding carboxylic acids is 1. The second kappa shape index (κ2) is 3.25. The van der Waals surface area contributed by atoms with E-state index in [0.29, 0.717) is 12.3 Å². The normalized spacial score (nSPS) is 29.4. The predicted molar refractivity (Wildman–Crippen MR) is 70.5 cm³/mol. The average molecular weight is 239 g/mol. The first-order chi connectivity index (χ1) is 8.69. The summed E-state index contributed by atoms with van der Waals surface area (Å²) in [5.41, 5.74) is 5.60. The molecule has 92 valence electrons. The van der Waals surface area contributed by atoms with Crippen molar-refractivity contribution in [3.63, 3.8) is 0 Å². The van der Waals surface area contributed by atoms with Gasteiger partial charge >= 0.3 is 0 Å². The van der Waals surface area contributed by atoms with E-state index in [2.05, 4.69) is 36.1 Å². The zero-order chi connectivity index (χ0) is 12.3. The maximum Gasteiger partial charge on any atom is 0.228 e. The molecule has 0 bridgehead atoms. The molecular weight excluding hydrogens is 222 g/mol. The highest BCUT2D eigenvalue weighted by atomic mass is 16.2. The first-order valence-electron chi connectivity index (χ1n) is 6.81. The van der Waals surface area contributed by atoms with Gasteiger partial charge in [-0.05, 0) is 36.0 Å². The molecule has 1 aromatic rings. The van der Waals surface area contributed by atoms with Crippen molar-refractivity contribution >= 4 is 11.5 Å². The quantitative estimate of drug-likeness (QED) is 0.680. The van der Waals surface area contributed by atoms with Crippen LogP contribution in [0.4, 0.5) is 0 Å². The first kappa shape index (κ1) is 10.4. The van der Waals surface area contributed by atoms with Gasteiger partial charge in [-0.25, -0.2) is 0 Å². The van der Waals surface area contributed by atoms with Gasteiger partial charge in [0.2, 0.25) is 5.91 Å². The fourth-order valence-electron chi connectivity index (χ4n) is 4.02. The van der Waals surface area contributed by atoms with E-state index < -0.39 is 0 Å². The Kier molecular flexibility index (Phi) is 1.87. The topological polar surface area (TPSA) is 20.3 Å². The molecule has 0 N–H and O–H groups in total. The molecule has 0 saturated carbocycles. The minimum absolute atomic E-state index is 0.109. The Hall–Kier alpha value is -1.57. The molecule has 2 nitrogen and oxygen atoms in total. The van der Waals surface area contributed by atoms with Gasteiger partial charge in [0.05, 0.1) is 6.54 Å². The van der Waals surface area contributed by atoms with Gasteiger partial charge in [-0.3, -0.25) is 4.79 Å². The number of nitrogens with zero attached hydrogens (tertiary/aromatic N) is 1. The molecule has 2 heterocycles. The lowest BCUT2D eigenvalue weighted by molar-refractivity contribution is -0.127. The smallest absolute Gasteiger partial charge is 0.228 e. The molecule has 0 spiro atoms. The number of amides is 1. The summed E-state index contributed by atoms with van der Waals surface area (Å²) in [7, 11) is 0. The number of benzene rings is 1. The Morgan fingerprint density at radius 2 is 2.11 bits per heavy atom. The van der Waals surface area contributed by atoms with Gasteiger partial charge in [-0.2, -0.15) is 0 Å². The highest BCUT2D eigenvalue weighted by molar-refractivity contribution is 5.90. The number of fused-ring (bicyclic) bond motifs is 2. The molecular formula is C16H17NO. The summed E-state index contributed by atoms with van der Waals surface area (Å²) < 4.78 is 0. The van der Waals surface area contributed by atoms with Crippen molar-refractivity contribution in [1.82, 2.24) is 4.90 Å². The predicted octanol–water partition coefficient (Wildman–Crippen LogP) is 3.33. The Bertz CT molecular complexity index is 587. The molecule has 1 aromatic carbocycles. The van der Waals surface area contributed by atoms with Crippen molar-refractivity contribution in [2.75, 3.05) is 0 Å². The largest absolute Gasteiger partial charge is 0.311 e. The van der Waals surface area contributed by atoms with Crippen molar-refractivity contribution in [2.45, 2.75) is 39.2 Å². The van der Waals surface area contributed by atoms with Crippen LogP contribution >= 0.6 is 0 Å². The van der Waals surface area contributed by atoms with Crippen LogP contribution < -0.4 is 0 Å². The second-order valence-electron chi connectivity index (χ2n) is 6.06. The summed E-state index contributed by atoms with van der Waals surface area (Å²) in [5.74, 6) is 0.321. The number of allylic oxidation sites excluding steroid dienone is 2. The number of hydrogen-bond donors (Lipinski definition) is 0. The van der Waals surface area contributed by atoms with Gasteiger partial charge in [0.15, 0.2) is 0 Å². The second-order valence-corrected chi connectivity index (χ2v) is 6.06. The van der Waals surface area contributed by atoms with Crippen LogP contribution in [0, 0.1) is 5.41 Å². The Morgan fingerprint density at radius 3 is 3.00 bits per heavy atom. The minimum atomic E-state index is 0.109. The lowest BCUT2D eigenvalue weighted by Crippen LogP contribution is -2.31. The van der Waals surface area contributed by atoms with Gasteiger partial charge in [0.25, 0.3) is 0 Å². The Balaban J connectivity index is 2.01. The average Bonchev–Trinajstić information content (AvgIpc) is 2.62. The molecule has 0 aromatic heterocycles. The highest BCUT2D eigenvalue weighted by Gasteiger charge is 2.49. The van der Waals surface area contributed by atoms with Crippen LogP contribution in [0.1, 0.15) is 43.7 Å². The maximum atomic E-state index is 12.3. The molecule has 1 atom stereocenters. The molecule has 1 saturated heterocycles. The van der Waals surface area contributed by atoms with Gasteiger partial charge in [0, 0.05) is 17.5 Å². The van der Waals surface area contributed by atoms with Crippen LogP contribution in [-0.2, 0) is 11.3 Å². The van der Waals surface area contributed by atoms with Crippen LogP contribution in [0.5, 0.6) is 0 Å². The highest BCUT2D eigenvalue weighted by Crippen LogP contribution is 2.54. The third-order valence-corrected chi connectivity index (χ3v) is 4.80. The Morgan fingerprint density at radius 1 is 1.28 bits per heavy atom.